The summed E-state index contributed by atoms with van der Waals surface area (Å²) in [6, 6.07) is 9.81. The molecule has 0 aliphatic rings. The number of imidazole rings is 1. The molecule has 116 valence electrons. The average molecular weight is 319 g/mol. The van der Waals surface area contributed by atoms with Gasteiger partial charge in [-0.2, -0.15) is 0 Å². The van der Waals surface area contributed by atoms with Gasteiger partial charge in [-0.15, -0.1) is 11.8 Å². The highest BCUT2D eigenvalue weighted by Crippen LogP contribution is 2.16. The number of nitrogens with one attached hydrogen (secondary N) is 1. The maximum atomic E-state index is 11.9. The molecule has 2 rings (SSSR count). The van der Waals surface area contributed by atoms with E-state index in [9.17, 15) is 9.59 Å². The van der Waals surface area contributed by atoms with Crippen LogP contribution in [0.5, 0.6) is 0 Å². The zero-order chi connectivity index (χ0) is 15.9. The Hall–Kier alpha value is -2.28. The molecule has 0 radical (unpaired) electrons. The molecule has 1 aromatic carbocycles. The Morgan fingerprint density at radius 3 is 2.68 bits per heavy atom. The second-order valence-corrected chi connectivity index (χ2v) is 5.73. The number of benzene rings is 1. The van der Waals surface area contributed by atoms with E-state index in [2.05, 4.69) is 9.97 Å². The lowest BCUT2D eigenvalue weighted by Gasteiger charge is -2.15. The van der Waals surface area contributed by atoms with Crippen LogP contribution in [0.4, 0.5) is 0 Å². The summed E-state index contributed by atoms with van der Waals surface area (Å²) in [6.45, 7) is 0.360. The lowest BCUT2D eigenvalue weighted by atomic mass is 10.2. The highest BCUT2D eigenvalue weighted by Gasteiger charge is 2.12. The first-order chi connectivity index (χ1) is 10.6. The third-order valence-electron chi connectivity index (χ3n) is 2.98. The highest BCUT2D eigenvalue weighted by atomic mass is 32.2. The Morgan fingerprint density at radius 2 is 2.00 bits per heavy atom. The molecule has 22 heavy (non-hydrogen) atoms. The second-order valence-electron chi connectivity index (χ2n) is 4.75. The van der Waals surface area contributed by atoms with Crippen LogP contribution in [0.1, 0.15) is 5.82 Å². The predicted octanol–water partition coefficient (Wildman–Crippen LogP) is 1.85. The molecule has 0 unspecified atom stereocenters. The molecule has 2 aromatic rings. The van der Waals surface area contributed by atoms with Crippen LogP contribution in [-0.4, -0.2) is 50.4 Å². The van der Waals surface area contributed by atoms with Crippen molar-refractivity contribution in [2.24, 2.45) is 0 Å². The first kappa shape index (κ1) is 16.1. The van der Waals surface area contributed by atoms with Crippen LogP contribution < -0.4 is 0 Å². The minimum absolute atomic E-state index is 0.0709. The maximum Gasteiger partial charge on any atom is 0.313 e. The maximum absolute atomic E-state index is 11.9. The van der Waals surface area contributed by atoms with Gasteiger partial charge >= 0.3 is 5.97 Å². The van der Waals surface area contributed by atoms with Crippen LogP contribution in [-0.2, 0) is 16.1 Å². The lowest BCUT2D eigenvalue weighted by Crippen LogP contribution is -2.28. The van der Waals surface area contributed by atoms with E-state index < -0.39 is 5.97 Å². The van der Waals surface area contributed by atoms with Gasteiger partial charge in [0.2, 0.25) is 5.91 Å². The van der Waals surface area contributed by atoms with Crippen LogP contribution in [0.15, 0.2) is 36.5 Å². The zero-order valence-electron chi connectivity index (χ0n) is 12.2. The van der Waals surface area contributed by atoms with Crippen molar-refractivity contribution in [2.75, 3.05) is 18.6 Å². The summed E-state index contributed by atoms with van der Waals surface area (Å²) in [5, 5.41) is 8.55. The topological polar surface area (TPSA) is 86.3 Å². The number of rotatable bonds is 7. The van der Waals surface area contributed by atoms with E-state index in [1.54, 1.807) is 13.2 Å². The fourth-order valence-electron chi connectivity index (χ4n) is 1.86. The molecule has 0 bridgehead atoms. The summed E-state index contributed by atoms with van der Waals surface area (Å²) in [5.74, 6) is -0.270. The van der Waals surface area contributed by atoms with Gasteiger partial charge in [-0.1, -0.05) is 30.3 Å². The third-order valence-corrected chi connectivity index (χ3v) is 3.88. The van der Waals surface area contributed by atoms with Crippen LogP contribution in [0.2, 0.25) is 0 Å². The number of carboxylic acid groups (broad SMARTS) is 1. The second kappa shape index (κ2) is 7.65. The fourth-order valence-corrected chi connectivity index (χ4v) is 2.53. The van der Waals surface area contributed by atoms with Crippen molar-refractivity contribution in [1.82, 2.24) is 14.9 Å². The number of nitrogens with zero attached hydrogens (tertiary/aromatic N) is 2. The molecular formula is C15H17N3O3S. The summed E-state index contributed by atoms with van der Waals surface area (Å²) < 4.78 is 0. The van der Waals surface area contributed by atoms with Gasteiger partial charge in [0.25, 0.3) is 0 Å². The van der Waals surface area contributed by atoms with Gasteiger partial charge in [0.05, 0.1) is 29.9 Å². The number of thioether (sulfide) groups is 1. The molecule has 0 atom stereocenters. The van der Waals surface area contributed by atoms with E-state index in [1.165, 1.54) is 4.90 Å². The monoisotopic (exact) mass is 319 g/mol. The van der Waals surface area contributed by atoms with Gasteiger partial charge in [0.1, 0.15) is 5.82 Å². The third kappa shape index (κ3) is 4.63. The van der Waals surface area contributed by atoms with E-state index in [0.717, 1.165) is 23.0 Å². The van der Waals surface area contributed by atoms with Crippen LogP contribution in [0.25, 0.3) is 11.3 Å². The Labute approximate surface area is 132 Å². The minimum Gasteiger partial charge on any atom is -0.481 e. The molecule has 1 aromatic heterocycles. The molecule has 0 aliphatic heterocycles. The van der Waals surface area contributed by atoms with Gasteiger partial charge in [-0.3, -0.25) is 9.59 Å². The van der Waals surface area contributed by atoms with Gasteiger partial charge in [-0.05, 0) is 5.56 Å². The standard InChI is InChI=1S/C15H17N3O3S/c1-18(14(19)9-22-10-15(20)21)8-13-16-7-12(17-13)11-5-3-2-4-6-11/h2-7H,8-10H2,1H3,(H,16,17)(H,20,21). The molecule has 0 saturated carbocycles. The Kier molecular flexibility index (Phi) is 5.60. The molecule has 6 nitrogen and oxygen atoms in total. The summed E-state index contributed by atoms with van der Waals surface area (Å²) in [4.78, 5) is 31.3. The van der Waals surface area contributed by atoms with Gasteiger partial charge in [0.15, 0.2) is 0 Å². The number of hydrogen-bond acceptors (Lipinski definition) is 4. The number of aromatic nitrogens is 2. The SMILES string of the molecule is CN(Cc1ncc(-c2ccccc2)[nH]1)C(=O)CSCC(=O)O. The quantitative estimate of drug-likeness (QED) is 0.813. The minimum atomic E-state index is -0.918. The number of aromatic amines is 1. The molecule has 0 saturated heterocycles. The molecule has 0 spiro atoms. The summed E-state index contributed by atoms with van der Waals surface area (Å²) in [7, 11) is 1.67. The van der Waals surface area contributed by atoms with Crippen molar-refractivity contribution in [1.29, 1.82) is 0 Å². The first-order valence-electron chi connectivity index (χ1n) is 6.69. The van der Waals surface area contributed by atoms with Crippen molar-refractivity contribution >= 4 is 23.6 Å². The molecule has 0 fully saturated rings. The fraction of sp³-hybridized carbons (Fsp3) is 0.267. The summed E-state index contributed by atoms with van der Waals surface area (Å²) >= 11 is 1.09. The van der Waals surface area contributed by atoms with Crippen molar-refractivity contribution in [3.8, 4) is 11.3 Å². The smallest absolute Gasteiger partial charge is 0.313 e. The number of carboxylic acids is 1. The molecule has 0 aliphatic carbocycles. The number of aliphatic carboxylic acids is 1. The van der Waals surface area contributed by atoms with Crippen molar-refractivity contribution in [3.63, 3.8) is 0 Å². The van der Waals surface area contributed by atoms with Crippen molar-refractivity contribution in [2.45, 2.75) is 6.54 Å². The summed E-state index contributed by atoms with van der Waals surface area (Å²) in [5.41, 5.74) is 1.93. The van der Waals surface area contributed by atoms with Crippen molar-refractivity contribution < 1.29 is 14.7 Å². The number of hydrogen-bond donors (Lipinski definition) is 2. The van der Waals surface area contributed by atoms with E-state index in [0.29, 0.717) is 12.4 Å². The largest absolute Gasteiger partial charge is 0.481 e. The first-order valence-corrected chi connectivity index (χ1v) is 7.84. The normalized spacial score (nSPS) is 10.4. The predicted molar refractivity (Wildman–Crippen MR) is 85.5 cm³/mol. The van der Waals surface area contributed by atoms with E-state index >= 15 is 0 Å². The molecular weight excluding hydrogens is 302 g/mol. The molecule has 2 N–H and O–H groups in total. The highest BCUT2D eigenvalue weighted by molar-refractivity contribution is 8.00. The van der Waals surface area contributed by atoms with E-state index in [1.807, 2.05) is 30.3 Å². The van der Waals surface area contributed by atoms with Crippen LogP contribution in [0, 0.1) is 0 Å². The van der Waals surface area contributed by atoms with Crippen LogP contribution in [0.3, 0.4) is 0 Å². The lowest BCUT2D eigenvalue weighted by molar-refractivity contribution is -0.133. The van der Waals surface area contributed by atoms with E-state index in [-0.39, 0.29) is 17.4 Å². The number of H-pyrrole nitrogens is 1. The number of amides is 1. The molecule has 1 heterocycles. The summed E-state index contributed by atoms with van der Waals surface area (Å²) in [6.07, 6.45) is 1.74. The van der Waals surface area contributed by atoms with E-state index in [4.69, 9.17) is 5.11 Å². The van der Waals surface area contributed by atoms with Crippen molar-refractivity contribution in [3.05, 3.63) is 42.4 Å². The number of carbonyl (C=O) groups excluding carboxylic acids is 1. The Bertz CT molecular complexity index is 642. The Balaban J connectivity index is 1.89. The van der Waals surface area contributed by atoms with Gasteiger partial charge in [-0.25, -0.2) is 4.98 Å². The molecule has 7 heteroatoms. The molecule has 1 amide bonds. The number of carbonyl (C=O) groups is 2. The average Bonchev–Trinajstić information content (AvgIpc) is 2.96. The van der Waals surface area contributed by atoms with Gasteiger partial charge in [0, 0.05) is 7.05 Å². The van der Waals surface area contributed by atoms with Crippen LogP contribution >= 0.6 is 11.8 Å². The Morgan fingerprint density at radius 1 is 1.27 bits per heavy atom. The zero-order valence-corrected chi connectivity index (χ0v) is 13.0. The van der Waals surface area contributed by atoms with Gasteiger partial charge < -0.3 is 15.0 Å².